The van der Waals surface area contributed by atoms with Crippen molar-refractivity contribution >= 4 is 8.32 Å². The van der Waals surface area contributed by atoms with Gasteiger partial charge in [-0.1, -0.05) is 20.8 Å². The van der Waals surface area contributed by atoms with Crippen molar-refractivity contribution in [3.8, 4) is 6.07 Å². The topological polar surface area (TPSA) is 136 Å². The lowest BCUT2D eigenvalue weighted by atomic mass is 9.86. The summed E-state index contributed by atoms with van der Waals surface area (Å²) in [5.74, 6) is -2.43. The highest BCUT2D eigenvalue weighted by atomic mass is 28.4. The first kappa shape index (κ1) is 24.8. The Hall–Kier alpha value is -1.88. The zero-order valence-corrected chi connectivity index (χ0v) is 20.3. The van der Waals surface area contributed by atoms with Crippen LogP contribution < -0.4 is 11.2 Å². The fraction of sp³-hybridized carbons (Fsp3) is 0.750. The van der Waals surface area contributed by atoms with E-state index < -0.39 is 61.3 Å². The molecular formula is C20H30FN3O7Si. The molecule has 2 fully saturated rings. The number of aromatic amines is 1. The predicted octanol–water partition coefficient (Wildman–Crippen LogP) is 1.37. The fourth-order valence-electron chi connectivity index (χ4n) is 3.56. The molecule has 1 aromatic rings. The summed E-state index contributed by atoms with van der Waals surface area (Å²) in [7, 11) is -2.22. The lowest BCUT2D eigenvalue weighted by Crippen LogP contribution is -2.64. The SMILES string of the molecule is CC1(C)O[C@H]2[C@@H](CO[Si](C)(C)C(C)(C)C)O[C@@H](n3cc(F)c(=O)[nH]c3=O)[C@](O)(C#N)[C@H]2O1. The molecule has 0 aliphatic carbocycles. The van der Waals surface area contributed by atoms with Crippen LogP contribution in [-0.2, 0) is 18.6 Å². The van der Waals surface area contributed by atoms with E-state index in [-0.39, 0.29) is 11.6 Å². The van der Waals surface area contributed by atoms with Gasteiger partial charge in [0.05, 0.1) is 12.8 Å². The van der Waals surface area contributed by atoms with E-state index in [1.165, 1.54) is 0 Å². The number of hydrogen-bond acceptors (Lipinski definition) is 8. The minimum Gasteiger partial charge on any atom is -0.414 e. The van der Waals surface area contributed by atoms with Crippen LogP contribution in [0.5, 0.6) is 0 Å². The maximum atomic E-state index is 14.0. The van der Waals surface area contributed by atoms with E-state index in [1.54, 1.807) is 19.9 Å². The third-order valence-electron chi connectivity index (χ3n) is 6.38. The largest absolute Gasteiger partial charge is 0.414 e. The summed E-state index contributed by atoms with van der Waals surface area (Å²) in [6.07, 6.45) is -4.05. The number of fused-ring (bicyclic) bond motifs is 1. The van der Waals surface area contributed by atoms with Gasteiger partial charge in [-0.25, -0.2) is 4.79 Å². The average molecular weight is 472 g/mol. The minimum absolute atomic E-state index is 0.0374. The Balaban J connectivity index is 2.05. The van der Waals surface area contributed by atoms with Gasteiger partial charge in [0.15, 0.2) is 20.3 Å². The first-order valence-corrected chi connectivity index (χ1v) is 13.2. The Morgan fingerprint density at radius 1 is 1.34 bits per heavy atom. The summed E-state index contributed by atoms with van der Waals surface area (Å²) < 4.78 is 38.6. The van der Waals surface area contributed by atoms with Crippen LogP contribution in [0.15, 0.2) is 15.8 Å². The molecule has 0 bridgehead atoms. The summed E-state index contributed by atoms with van der Waals surface area (Å²) in [6, 6.07) is 1.74. The van der Waals surface area contributed by atoms with Crippen molar-refractivity contribution in [2.75, 3.05) is 6.61 Å². The van der Waals surface area contributed by atoms with Crippen molar-refractivity contribution in [1.82, 2.24) is 9.55 Å². The zero-order valence-electron chi connectivity index (χ0n) is 19.3. The molecule has 10 nitrogen and oxygen atoms in total. The normalized spacial score (nSPS) is 32.4. The Labute approximate surface area is 186 Å². The number of halogens is 1. The van der Waals surface area contributed by atoms with Gasteiger partial charge < -0.3 is 23.7 Å². The van der Waals surface area contributed by atoms with Crippen LogP contribution in [0, 0.1) is 17.1 Å². The van der Waals surface area contributed by atoms with Crippen LogP contribution in [-0.4, -0.2) is 59.3 Å². The number of rotatable bonds is 4. The van der Waals surface area contributed by atoms with E-state index in [4.69, 9.17) is 18.6 Å². The van der Waals surface area contributed by atoms with E-state index >= 15 is 0 Å². The number of nitrogens with one attached hydrogen (secondary N) is 1. The van der Waals surface area contributed by atoms with E-state index in [0.717, 1.165) is 0 Å². The van der Waals surface area contributed by atoms with Crippen LogP contribution in [0.4, 0.5) is 4.39 Å². The molecule has 0 unspecified atom stereocenters. The average Bonchev–Trinajstić information content (AvgIpc) is 3.00. The number of aliphatic hydroxyl groups is 1. The predicted molar refractivity (Wildman–Crippen MR) is 113 cm³/mol. The second kappa shape index (κ2) is 7.86. The molecule has 0 spiro atoms. The molecule has 5 atom stereocenters. The lowest BCUT2D eigenvalue weighted by molar-refractivity contribution is -0.251. The van der Waals surface area contributed by atoms with Crippen molar-refractivity contribution in [3.05, 3.63) is 32.9 Å². The van der Waals surface area contributed by atoms with Gasteiger partial charge in [0, 0.05) is 0 Å². The van der Waals surface area contributed by atoms with Crippen LogP contribution in [0.3, 0.4) is 0 Å². The van der Waals surface area contributed by atoms with Gasteiger partial charge in [0.2, 0.25) is 11.4 Å². The van der Waals surface area contributed by atoms with Gasteiger partial charge >= 0.3 is 5.69 Å². The van der Waals surface area contributed by atoms with E-state index in [0.29, 0.717) is 10.8 Å². The Morgan fingerprint density at radius 3 is 2.53 bits per heavy atom. The molecule has 178 valence electrons. The minimum atomic E-state index is -2.42. The van der Waals surface area contributed by atoms with E-state index in [1.807, 2.05) is 18.1 Å². The van der Waals surface area contributed by atoms with E-state index in [2.05, 4.69) is 20.8 Å². The lowest BCUT2D eigenvalue weighted by Gasteiger charge is -2.45. The quantitative estimate of drug-likeness (QED) is 0.496. The van der Waals surface area contributed by atoms with Crippen molar-refractivity contribution in [2.24, 2.45) is 0 Å². The van der Waals surface area contributed by atoms with Crippen molar-refractivity contribution < 1.29 is 28.1 Å². The summed E-state index contributed by atoms with van der Waals surface area (Å²) in [5, 5.41) is 21.0. The molecule has 2 N–H and O–H groups in total. The van der Waals surface area contributed by atoms with Gasteiger partial charge in [-0.3, -0.25) is 14.3 Å². The molecule has 0 radical (unpaired) electrons. The van der Waals surface area contributed by atoms with Crippen LogP contribution >= 0.6 is 0 Å². The number of aromatic nitrogens is 2. The van der Waals surface area contributed by atoms with Crippen molar-refractivity contribution in [1.29, 1.82) is 5.26 Å². The zero-order chi connectivity index (χ0) is 24.3. The molecule has 0 amide bonds. The monoisotopic (exact) mass is 471 g/mol. The summed E-state index contributed by atoms with van der Waals surface area (Å²) >= 11 is 0. The molecular weight excluding hydrogens is 441 g/mol. The summed E-state index contributed by atoms with van der Waals surface area (Å²) in [6.45, 7) is 13.6. The number of ether oxygens (including phenoxy) is 3. The number of nitriles is 1. The molecule has 3 rings (SSSR count). The first-order chi connectivity index (χ1) is 14.5. The van der Waals surface area contributed by atoms with Gasteiger partial charge in [0.1, 0.15) is 24.4 Å². The van der Waals surface area contributed by atoms with Gasteiger partial charge in [-0.05, 0) is 32.0 Å². The smallest absolute Gasteiger partial charge is 0.330 e. The van der Waals surface area contributed by atoms with Crippen LogP contribution in [0.25, 0.3) is 0 Å². The number of nitrogens with zero attached hydrogens (tertiary/aromatic N) is 2. The van der Waals surface area contributed by atoms with Crippen LogP contribution in [0.2, 0.25) is 18.1 Å². The Bertz CT molecular complexity index is 1040. The summed E-state index contributed by atoms with van der Waals surface area (Å²) in [4.78, 5) is 25.7. The molecule has 0 saturated carbocycles. The van der Waals surface area contributed by atoms with Crippen molar-refractivity contribution in [2.45, 2.75) is 88.7 Å². The Kier molecular flexibility index (Phi) is 6.08. The second-order valence-electron chi connectivity index (χ2n) is 10.2. The first-order valence-electron chi connectivity index (χ1n) is 10.3. The maximum absolute atomic E-state index is 14.0. The van der Waals surface area contributed by atoms with E-state index in [9.17, 15) is 24.3 Å². The second-order valence-corrected chi connectivity index (χ2v) is 15.0. The summed E-state index contributed by atoms with van der Waals surface area (Å²) in [5.41, 5.74) is -4.68. The molecule has 2 aliphatic rings. The highest BCUT2D eigenvalue weighted by Crippen LogP contribution is 2.46. The van der Waals surface area contributed by atoms with Gasteiger partial charge in [-0.15, -0.1) is 0 Å². The molecule has 12 heteroatoms. The van der Waals surface area contributed by atoms with Crippen molar-refractivity contribution in [3.63, 3.8) is 0 Å². The highest BCUT2D eigenvalue weighted by Gasteiger charge is 2.64. The molecule has 0 aromatic carbocycles. The standard InChI is InChI=1S/C20H30FN3O7Si/c1-18(2,3)32(6,7)28-9-12-13-14(31-19(4,5)30-13)20(27,10-22)16(29-12)24-8-11(21)15(25)23-17(24)26/h8,12-14,16,27H,9H2,1-7H3,(H,23,25,26)/t12-,13+,14+,16-,20+/m1/s1. The molecule has 3 heterocycles. The van der Waals surface area contributed by atoms with Gasteiger partial charge in [0.25, 0.3) is 5.56 Å². The third-order valence-corrected chi connectivity index (χ3v) is 10.9. The highest BCUT2D eigenvalue weighted by molar-refractivity contribution is 6.74. The van der Waals surface area contributed by atoms with Crippen LogP contribution in [0.1, 0.15) is 40.8 Å². The molecule has 1 aromatic heterocycles. The van der Waals surface area contributed by atoms with Gasteiger partial charge in [-0.2, -0.15) is 9.65 Å². The molecule has 2 aliphatic heterocycles. The number of hydrogen-bond donors (Lipinski definition) is 2. The fourth-order valence-corrected chi connectivity index (χ4v) is 4.57. The third kappa shape index (κ3) is 4.21. The molecule has 32 heavy (non-hydrogen) atoms. The number of H-pyrrole nitrogens is 1. The molecule has 2 saturated heterocycles. The maximum Gasteiger partial charge on any atom is 0.330 e. The Morgan fingerprint density at radius 2 is 1.97 bits per heavy atom.